The van der Waals surface area contributed by atoms with Gasteiger partial charge in [0.1, 0.15) is 14.1 Å². The van der Waals surface area contributed by atoms with E-state index in [9.17, 15) is 4.79 Å². The number of aromatic nitrogens is 2. The molecule has 1 amide bonds. The number of carbonyl (C=O) groups excluding carboxylic acids is 1. The molecule has 0 atom stereocenters. The Kier molecular flexibility index (Phi) is 6.99. The first-order chi connectivity index (χ1) is 18.4. The smallest absolute Gasteiger partial charge is 0.248 e. The fourth-order valence-electron chi connectivity index (χ4n) is 4.12. The molecule has 0 bridgehead atoms. The molecule has 0 fully saturated rings. The summed E-state index contributed by atoms with van der Waals surface area (Å²) >= 11 is 0. The minimum atomic E-state index is -0.190. The summed E-state index contributed by atoms with van der Waals surface area (Å²) in [6, 6.07) is 27.5. The van der Waals surface area contributed by atoms with E-state index in [2.05, 4.69) is 20.5 Å². The van der Waals surface area contributed by atoms with Gasteiger partial charge in [0, 0.05) is 53.1 Å². The van der Waals surface area contributed by atoms with Crippen LogP contribution in [0.4, 0.5) is 34.1 Å². The molecule has 0 saturated carbocycles. The van der Waals surface area contributed by atoms with Gasteiger partial charge in [-0.25, -0.2) is 9.13 Å². The van der Waals surface area contributed by atoms with Crippen molar-refractivity contribution in [1.82, 2.24) is 0 Å². The Balaban J connectivity index is 1.18. The maximum absolute atomic E-state index is 12.4. The molecule has 2 heterocycles. The number of carbonyl (C=O) groups is 1. The van der Waals surface area contributed by atoms with Gasteiger partial charge in [-0.05, 0) is 60.2 Å². The van der Waals surface area contributed by atoms with Crippen molar-refractivity contribution in [1.29, 1.82) is 0 Å². The van der Waals surface area contributed by atoms with Crippen molar-refractivity contribution in [2.45, 2.75) is 0 Å². The summed E-state index contributed by atoms with van der Waals surface area (Å²) in [5.41, 5.74) is 13.4. The van der Waals surface area contributed by atoms with Gasteiger partial charge in [0.15, 0.2) is 18.6 Å². The molecule has 7 heteroatoms. The van der Waals surface area contributed by atoms with Crippen molar-refractivity contribution in [3.05, 3.63) is 115 Å². The zero-order chi connectivity index (χ0) is 26.5. The lowest BCUT2D eigenvalue weighted by atomic mass is 10.1. The zero-order valence-electron chi connectivity index (χ0n) is 21.3. The van der Waals surface area contributed by atoms with Crippen LogP contribution in [0.15, 0.2) is 110 Å². The predicted molar refractivity (Wildman–Crippen MR) is 154 cm³/mol. The van der Waals surface area contributed by atoms with E-state index in [4.69, 9.17) is 5.73 Å². The van der Waals surface area contributed by atoms with Crippen LogP contribution in [0.1, 0.15) is 5.56 Å². The molecule has 0 saturated heterocycles. The molecule has 188 valence electrons. The first kappa shape index (κ1) is 24.5. The summed E-state index contributed by atoms with van der Waals surface area (Å²) in [5.74, 6) is -0.190. The van der Waals surface area contributed by atoms with Gasteiger partial charge in [-0.2, -0.15) is 0 Å². The number of fused-ring (bicyclic) bond motifs is 1. The first-order valence-corrected chi connectivity index (χ1v) is 12.3. The monoisotopic (exact) mass is 502 g/mol. The molecule has 0 unspecified atom stereocenters. The number of nitrogen functional groups attached to an aromatic ring is 1. The van der Waals surface area contributed by atoms with Crippen LogP contribution in [-0.2, 0) is 18.9 Å². The van der Waals surface area contributed by atoms with E-state index in [0.717, 1.165) is 50.6 Å². The number of amides is 1. The van der Waals surface area contributed by atoms with Crippen LogP contribution in [-0.4, -0.2) is 5.91 Å². The lowest BCUT2D eigenvalue weighted by Crippen LogP contribution is -2.28. The predicted octanol–water partition coefficient (Wildman–Crippen LogP) is 5.21. The fourth-order valence-corrected chi connectivity index (χ4v) is 4.12. The van der Waals surface area contributed by atoms with Gasteiger partial charge in [-0.15, -0.1) is 0 Å². The van der Waals surface area contributed by atoms with Crippen LogP contribution in [0.2, 0.25) is 0 Å². The average Bonchev–Trinajstić information content (AvgIpc) is 2.92. The van der Waals surface area contributed by atoms with Crippen LogP contribution in [0, 0.1) is 0 Å². The maximum Gasteiger partial charge on any atom is 0.248 e. The normalized spacial score (nSPS) is 11.0. The summed E-state index contributed by atoms with van der Waals surface area (Å²) in [6.45, 7) is 0. The third-order valence-electron chi connectivity index (χ3n) is 6.19. The van der Waals surface area contributed by atoms with Crippen molar-refractivity contribution >= 4 is 57.0 Å². The SMILES string of the molecule is C[n+]1ccc(Nc2ccc(NC(=O)/C=C/c3ccc(Nc4cc[n+](C)c5ccc(N)cc45)cc3)cc2)cc1. The van der Waals surface area contributed by atoms with E-state index in [1.807, 2.05) is 122 Å². The number of aryl methyl sites for hydroxylation is 2. The Hall–Kier alpha value is -5.17. The Bertz CT molecular complexity index is 1610. The topological polar surface area (TPSA) is 86.9 Å². The second-order valence-electron chi connectivity index (χ2n) is 9.14. The molecular weight excluding hydrogens is 472 g/mol. The van der Waals surface area contributed by atoms with Crippen LogP contribution in [0.25, 0.3) is 17.0 Å². The quantitative estimate of drug-likeness (QED) is 0.140. The van der Waals surface area contributed by atoms with Crippen LogP contribution < -0.4 is 30.8 Å². The minimum Gasteiger partial charge on any atom is -0.399 e. The van der Waals surface area contributed by atoms with Crippen LogP contribution in [0.3, 0.4) is 0 Å². The van der Waals surface area contributed by atoms with Crippen molar-refractivity contribution in [2.24, 2.45) is 14.1 Å². The van der Waals surface area contributed by atoms with Gasteiger partial charge in [-0.3, -0.25) is 4.79 Å². The molecule has 2 aromatic heterocycles. The standard InChI is InChI=1S/C31H28N6O/c1-36-18-15-27(16-19-36)33-24-9-11-26(12-10-24)35-31(38)14-5-22-3-7-25(8-4-22)34-29-17-20-37(2)30-13-6-23(32)21-28(29)30/h3-21H,32H2,1-2H3,(H,35,38)/p+2/b14-5+. The van der Waals surface area contributed by atoms with E-state index < -0.39 is 0 Å². The van der Waals surface area contributed by atoms with Crippen LogP contribution >= 0.6 is 0 Å². The highest BCUT2D eigenvalue weighted by Gasteiger charge is 2.10. The Morgan fingerprint density at radius 3 is 2.11 bits per heavy atom. The molecule has 5 aromatic rings. The molecule has 5 N–H and O–H groups in total. The van der Waals surface area contributed by atoms with E-state index >= 15 is 0 Å². The second kappa shape index (κ2) is 10.8. The van der Waals surface area contributed by atoms with Crippen molar-refractivity contribution in [3.8, 4) is 0 Å². The lowest BCUT2D eigenvalue weighted by molar-refractivity contribution is -0.671. The third-order valence-corrected chi connectivity index (χ3v) is 6.19. The number of hydrogen-bond acceptors (Lipinski definition) is 4. The Labute approximate surface area is 221 Å². The highest BCUT2D eigenvalue weighted by molar-refractivity contribution is 6.02. The molecule has 38 heavy (non-hydrogen) atoms. The lowest BCUT2D eigenvalue weighted by Gasteiger charge is -2.09. The minimum absolute atomic E-state index is 0.190. The molecule has 0 aliphatic rings. The number of pyridine rings is 2. The number of nitrogens with one attached hydrogen (secondary N) is 3. The summed E-state index contributed by atoms with van der Waals surface area (Å²) in [6.07, 6.45) is 9.31. The summed E-state index contributed by atoms with van der Waals surface area (Å²) in [7, 11) is 3.99. The Morgan fingerprint density at radius 2 is 1.37 bits per heavy atom. The van der Waals surface area contributed by atoms with Crippen molar-refractivity contribution in [2.75, 3.05) is 21.7 Å². The number of rotatable bonds is 7. The maximum atomic E-state index is 12.4. The molecule has 7 nitrogen and oxygen atoms in total. The van der Waals surface area contributed by atoms with E-state index in [0.29, 0.717) is 0 Å². The van der Waals surface area contributed by atoms with Gasteiger partial charge in [0.05, 0.1) is 16.8 Å². The third kappa shape index (κ3) is 5.96. The molecular formula is C31H30N6O+2. The number of benzene rings is 3. The Morgan fingerprint density at radius 1 is 0.737 bits per heavy atom. The molecule has 3 aromatic carbocycles. The summed E-state index contributed by atoms with van der Waals surface area (Å²) in [5, 5.41) is 10.8. The number of hydrogen-bond donors (Lipinski definition) is 4. The molecule has 0 spiro atoms. The second-order valence-corrected chi connectivity index (χ2v) is 9.14. The molecule has 5 rings (SSSR count). The zero-order valence-corrected chi connectivity index (χ0v) is 21.3. The van der Waals surface area contributed by atoms with Gasteiger partial charge in [0.2, 0.25) is 11.4 Å². The number of nitrogens with two attached hydrogens (primary N) is 1. The largest absolute Gasteiger partial charge is 0.399 e. The summed E-state index contributed by atoms with van der Waals surface area (Å²) < 4.78 is 4.04. The van der Waals surface area contributed by atoms with Gasteiger partial charge in [0.25, 0.3) is 0 Å². The molecule has 0 aliphatic heterocycles. The highest BCUT2D eigenvalue weighted by atomic mass is 16.1. The van der Waals surface area contributed by atoms with Crippen molar-refractivity contribution < 1.29 is 13.9 Å². The first-order valence-electron chi connectivity index (χ1n) is 12.3. The van der Waals surface area contributed by atoms with Gasteiger partial charge < -0.3 is 21.7 Å². The fraction of sp³-hybridized carbons (Fsp3) is 0.0645. The molecule has 0 radical (unpaired) electrons. The van der Waals surface area contributed by atoms with Crippen molar-refractivity contribution in [3.63, 3.8) is 0 Å². The van der Waals surface area contributed by atoms with Gasteiger partial charge in [-0.1, -0.05) is 12.1 Å². The number of anilines is 6. The van der Waals surface area contributed by atoms with Gasteiger partial charge >= 0.3 is 0 Å². The van der Waals surface area contributed by atoms with E-state index in [1.54, 1.807) is 6.08 Å². The summed E-state index contributed by atoms with van der Waals surface area (Å²) in [4.78, 5) is 12.4. The van der Waals surface area contributed by atoms with Crippen LogP contribution in [0.5, 0.6) is 0 Å². The van der Waals surface area contributed by atoms with E-state index in [1.165, 1.54) is 6.08 Å². The average molecular weight is 503 g/mol. The number of nitrogens with zero attached hydrogens (tertiary/aromatic N) is 2. The highest BCUT2D eigenvalue weighted by Crippen LogP contribution is 2.26. The molecule has 0 aliphatic carbocycles. The van der Waals surface area contributed by atoms with E-state index in [-0.39, 0.29) is 5.91 Å².